The van der Waals surface area contributed by atoms with Gasteiger partial charge in [-0.05, 0) is 43.2 Å². The summed E-state index contributed by atoms with van der Waals surface area (Å²) < 4.78 is 25.6. The van der Waals surface area contributed by atoms with Gasteiger partial charge in [-0.3, -0.25) is 9.10 Å². The van der Waals surface area contributed by atoms with Crippen molar-refractivity contribution in [2.75, 3.05) is 10.6 Å². The summed E-state index contributed by atoms with van der Waals surface area (Å²) in [6, 6.07) is 16.1. The highest BCUT2D eigenvalue weighted by Gasteiger charge is 2.18. The number of carbonyl (C=O) groups is 1. The van der Waals surface area contributed by atoms with Gasteiger partial charge in [0.05, 0.1) is 18.5 Å². The summed E-state index contributed by atoms with van der Waals surface area (Å²) in [5.74, 6) is -0.121. The Bertz CT molecular complexity index is 802. The van der Waals surface area contributed by atoms with Crippen LogP contribution in [0.15, 0.2) is 54.6 Å². The van der Waals surface area contributed by atoms with Crippen LogP contribution in [0, 0.1) is 0 Å². The summed E-state index contributed by atoms with van der Waals surface area (Å²) in [6.07, 6.45) is 2.05. The number of hydrogen-bond acceptors (Lipinski definition) is 3. The molecule has 0 radical (unpaired) electrons. The van der Waals surface area contributed by atoms with Crippen molar-refractivity contribution < 1.29 is 13.2 Å². The average Bonchev–Trinajstić information content (AvgIpc) is 2.59. The molecule has 0 spiro atoms. The molecule has 0 fully saturated rings. The Balaban J connectivity index is 2.17. The van der Waals surface area contributed by atoms with E-state index in [9.17, 15) is 13.2 Å². The van der Waals surface area contributed by atoms with E-state index in [2.05, 4.69) is 5.32 Å². The number of nitrogens with one attached hydrogen (secondary N) is 1. The van der Waals surface area contributed by atoms with Crippen molar-refractivity contribution in [2.45, 2.75) is 32.9 Å². The molecule has 2 aromatic carbocycles. The van der Waals surface area contributed by atoms with Gasteiger partial charge in [-0.15, -0.1) is 0 Å². The van der Waals surface area contributed by atoms with E-state index in [1.807, 2.05) is 19.9 Å². The van der Waals surface area contributed by atoms with Gasteiger partial charge < -0.3 is 5.32 Å². The summed E-state index contributed by atoms with van der Waals surface area (Å²) in [5.41, 5.74) is 1.99. The molecule has 0 aliphatic heterocycles. The third-order valence-electron chi connectivity index (χ3n) is 3.98. The maximum Gasteiger partial charge on any atom is 0.251 e. The van der Waals surface area contributed by atoms with Gasteiger partial charge in [-0.2, -0.15) is 0 Å². The molecule has 0 aliphatic carbocycles. The summed E-state index contributed by atoms with van der Waals surface area (Å²) in [7, 11) is -3.41. The number of para-hydroxylation sites is 1. The second-order valence-corrected chi connectivity index (χ2v) is 7.99. The van der Waals surface area contributed by atoms with Gasteiger partial charge in [0, 0.05) is 11.6 Å². The van der Waals surface area contributed by atoms with Crippen molar-refractivity contribution in [1.29, 1.82) is 0 Å². The van der Waals surface area contributed by atoms with Crippen molar-refractivity contribution in [2.24, 2.45) is 0 Å². The Morgan fingerprint density at radius 3 is 2.20 bits per heavy atom. The maximum atomic E-state index is 12.1. The van der Waals surface area contributed by atoms with Crippen LogP contribution < -0.4 is 9.62 Å². The molecule has 5 nitrogen and oxygen atoms in total. The number of amides is 1. The number of anilines is 1. The van der Waals surface area contributed by atoms with E-state index in [0.29, 0.717) is 11.3 Å². The van der Waals surface area contributed by atoms with Gasteiger partial charge >= 0.3 is 0 Å². The highest BCUT2D eigenvalue weighted by atomic mass is 32.2. The molecule has 134 valence electrons. The molecule has 0 aliphatic rings. The van der Waals surface area contributed by atoms with Crippen LogP contribution in [0.5, 0.6) is 0 Å². The monoisotopic (exact) mass is 360 g/mol. The fraction of sp³-hybridized carbons (Fsp3) is 0.316. The van der Waals surface area contributed by atoms with Gasteiger partial charge in [0.25, 0.3) is 5.91 Å². The molecule has 0 aromatic heterocycles. The quantitative estimate of drug-likeness (QED) is 0.825. The highest BCUT2D eigenvalue weighted by molar-refractivity contribution is 7.92. The summed E-state index contributed by atoms with van der Waals surface area (Å²) in [5, 5.41) is 2.91. The molecule has 6 heteroatoms. The normalized spacial score (nSPS) is 12.4. The lowest BCUT2D eigenvalue weighted by atomic mass is 10.1. The third kappa shape index (κ3) is 5.32. The summed E-state index contributed by atoms with van der Waals surface area (Å²) in [6.45, 7) is 4.18. The first-order valence-electron chi connectivity index (χ1n) is 8.24. The standard InChI is InChI=1S/C19H24N2O3S/c1-4-15(2)20-19(22)17-12-10-16(11-13-17)14-21(25(3,23)24)18-8-6-5-7-9-18/h5-13,15H,4,14H2,1-3H3,(H,20,22). The minimum atomic E-state index is -3.41. The number of hydrogen-bond donors (Lipinski definition) is 1. The lowest BCUT2D eigenvalue weighted by Gasteiger charge is -2.22. The van der Waals surface area contributed by atoms with Crippen molar-refractivity contribution >= 4 is 21.6 Å². The van der Waals surface area contributed by atoms with Crippen LogP contribution in [0.3, 0.4) is 0 Å². The van der Waals surface area contributed by atoms with E-state index >= 15 is 0 Å². The zero-order valence-electron chi connectivity index (χ0n) is 14.8. The first kappa shape index (κ1) is 19.0. The molecule has 1 unspecified atom stereocenters. The molecule has 0 saturated carbocycles. The fourth-order valence-electron chi connectivity index (χ4n) is 2.33. The van der Waals surface area contributed by atoms with Gasteiger partial charge in [-0.25, -0.2) is 8.42 Å². The molecule has 25 heavy (non-hydrogen) atoms. The largest absolute Gasteiger partial charge is 0.350 e. The molecular weight excluding hydrogens is 336 g/mol. The van der Waals surface area contributed by atoms with E-state index in [-0.39, 0.29) is 18.5 Å². The van der Waals surface area contributed by atoms with E-state index in [0.717, 1.165) is 12.0 Å². The van der Waals surface area contributed by atoms with Gasteiger partial charge in [0.1, 0.15) is 0 Å². The number of carbonyl (C=O) groups excluding carboxylic acids is 1. The first-order valence-corrected chi connectivity index (χ1v) is 10.1. The zero-order valence-corrected chi connectivity index (χ0v) is 15.6. The zero-order chi connectivity index (χ0) is 18.4. The Morgan fingerprint density at radius 1 is 1.08 bits per heavy atom. The molecule has 2 aromatic rings. The molecule has 1 atom stereocenters. The second-order valence-electron chi connectivity index (χ2n) is 6.08. The minimum absolute atomic E-state index is 0.117. The average molecular weight is 360 g/mol. The Morgan fingerprint density at radius 2 is 1.68 bits per heavy atom. The number of benzene rings is 2. The van der Waals surface area contributed by atoms with Crippen molar-refractivity contribution in [3.8, 4) is 0 Å². The summed E-state index contributed by atoms with van der Waals surface area (Å²) >= 11 is 0. The number of rotatable bonds is 7. The van der Waals surface area contributed by atoms with E-state index < -0.39 is 10.0 Å². The highest BCUT2D eigenvalue weighted by Crippen LogP contribution is 2.20. The molecule has 0 saturated heterocycles. The molecule has 2 rings (SSSR count). The lowest BCUT2D eigenvalue weighted by molar-refractivity contribution is 0.0939. The minimum Gasteiger partial charge on any atom is -0.350 e. The summed E-state index contributed by atoms with van der Waals surface area (Å²) in [4.78, 5) is 12.1. The predicted octanol–water partition coefficient (Wildman–Crippen LogP) is 3.18. The number of sulfonamides is 1. The molecule has 1 N–H and O–H groups in total. The van der Waals surface area contributed by atoms with E-state index in [1.165, 1.54) is 10.6 Å². The molecule has 1 amide bonds. The van der Waals surface area contributed by atoms with Crippen LogP contribution in [0.4, 0.5) is 5.69 Å². The van der Waals surface area contributed by atoms with Crippen molar-refractivity contribution in [1.82, 2.24) is 5.32 Å². The van der Waals surface area contributed by atoms with Crippen molar-refractivity contribution in [3.05, 3.63) is 65.7 Å². The number of nitrogens with zero attached hydrogens (tertiary/aromatic N) is 1. The molecular formula is C19H24N2O3S. The molecule has 0 heterocycles. The third-order valence-corrected chi connectivity index (χ3v) is 5.12. The second kappa shape index (κ2) is 8.16. The van der Waals surface area contributed by atoms with Crippen molar-refractivity contribution in [3.63, 3.8) is 0 Å². The molecule has 0 bridgehead atoms. The van der Waals surface area contributed by atoms with Gasteiger partial charge in [0.15, 0.2) is 0 Å². The van der Waals surface area contributed by atoms with Crippen LogP contribution in [0.2, 0.25) is 0 Å². The van der Waals surface area contributed by atoms with E-state index in [1.54, 1.807) is 48.5 Å². The van der Waals surface area contributed by atoms with Crippen LogP contribution in [-0.4, -0.2) is 26.6 Å². The predicted molar refractivity (Wildman–Crippen MR) is 101 cm³/mol. The first-order chi connectivity index (χ1) is 11.8. The van der Waals surface area contributed by atoms with E-state index in [4.69, 9.17) is 0 Å². The Labute approximate surface area is 149 Å². The maximum absolute atomic E-state index is 12.1. The van der Waals surface area contributed by atoms with Crippen LogP contribution in [0.1, 0.15) is 36.2 Å². The Hall–Kier alpha value is -2.34. The van der Waals surface area contributed by atoms with Crippen LogP contribution >= 0.6 is 0 Å². The smallest absolute Gasteiger partial charge is 0.251 e. The Kier molecular flexibility index (Phi) is 6.20. The SMILES string of the molecule is CCC(C)NC(=O)c1ccc(CN(c2ccccc2)S(C)(=O)=O)cc1. The van der Waals surface area contributed by atoms with Crippen LogP contribution in [0.25, 0.3) is 0 Å². The topological polar surface area (TPSA) is 66.5 Å². The lowest BCUT2D eigenvalue weighted by Crippen LogP contribution is -2.32. The van der Waals surface area contributed by atoms with Gasteiger partial charge in [0.2, 0.25) is 10.0 Å². The fourth-order valence-corrected chi connectivity index (χ4v) is 3.22. The van der Waals surface area contributed by atoms with Gasteiger partial charge in [-0.1, -0.05) is 37.3 Å². The van der Waals surface area contributed by atoms with Crippen LogP contribution in [-0.2, 0) is 16.6 Å².